The first-order valence-electron chi connectivity index (χ1n) is 6.45. The van der Waals surface area contributed by atoms with Gasteiger partial charge in [-0.2, -0.15) is 0 Å². The standard InChI is InChI=1S/C15H15BrClNO3S/c1-10(11-3-6-13(17)7-4-11)18-22(19,20)15-9-12(16)5-8-14(15)21-2/h3-10,18H,1-2H3. The third-order valence-corrected chi connectivity index (χ3v) is 5.42. The van der Waals surface area contributed by atoms with Crippen molar-refractivity contribution in [3.05, 3.63) is 57.5 Å². The Morgan fingerprint density at radius 3 is 2.41 bits per heavy atom. The smallest absolute Gasteiger partial charge is 0.244 e. The molecule has 0 saturated carbocycles. The van der Waals surface area contributed by atoms with Gasteiger partial charge in [0.2, 0.25) is 10.0 Å². The molecular formula is C15H15BrClNO3S. The first-order valence-corrected chi connectivity index (χ1v) is 9.10. The molecule has 1 atom stereocenters. The Balaban J connectivity index is 2.31. The van der Waals surface area contributed by atoms with E-state index in [2.05, 4.69) is 20.7 Å². The lowest BCUT2D eigenvalue weighted by atomic mass is 10.1. The van der Waals surface area contributed by atoms with Gasteiger partial charge in [0.15, 0.2) is 0 Å². The van der Waals surface area contributed by atoms with Gasteiger partial charge in [0, 0.05) is 15.5 Å². The van der Waals surface area contributed by atoms with Crippen molar-refractivity contribution in [3.8, 4) is 5.75 Å². The molecule has 1 unspecified atom stereocenters. The van der Waals surface area contributed by atoms with Gasteiger partial charge in [0.05, 0.1) is 7.11 Å². The maximum absolute atomic E-state index is 12.6. The van der Waals surface area contributed by atoms with Crippen molar-refractivity contribution in [2.24, 2.45) is 0 Å². The molecule has 0 aliphatic carbocycles. The van der Waals surface area contributed by atoms with Crippen LogP contribution in [0.15, 0.2) is 51.8 Å². The minimum Gasteiger partial charge on any atom is -0.495 e. The van der Waals surface area contributed by atoms with Crippen molar-refractivity contribution in [2.45, 2.75) is 17.9 Å². The monoisotopic (exact) mass is 403 g/mol. The molecule has 2 aromatic carbocycles. The van der Waals surface area contributed by atoms with E-state index in [1.165, 1.54) is 13.2 Å². The van der Waals surface area contributed by atoms with Gasteiger partial charge in [-0.25, -0.2) is 13.1 Å². The normalized spacial score (nSPS) is 12.9. The van der Waals surface area contributed by atoms with Crippen molar-refractivity contribution in [2.75, 3.05) is 7.11 Å². The molecule has 0 spiro atoms. The van der Waals surface area contributed by atoms with Crippen molar-refractivity contribution < 1.29 is 13.2 Å². The van der Waals surface area contributed by atoms with Gasteiger partial charge >= 0.3 is 0 Å². The molecule has 4 nitrogen and oxygen atoms in total. The fraction of sp³-hybridized carbons (Fsp3) is 0.200. The summed E-state index contributed by atoms with van der Waals surface area (Å²) in [6.07, 6.45) is 0. The Kier molecular flexibility index (Phi) is 5.50. The number of sulfonamides is 1. The summed E-state index contributed by atoms with van der Waals surface area (Å²) in [5, 5.41) is 0.604. The number of benzene rings is 2. The fourth-order valence-electron chi connectivity index (χ4n) is 1.98. The van der Waals surface area contributed by atoms with Crippen molar-refractivity contribution >= 4 is 37.6 Å². The molecular weight excluding hydrogens is 390 g/mol. The van der Waals surface area contributed by atoms with Crippen LogP contribution in [0.5, 0.6) is 5.75 Å². The second-order valence-corrected chi connectivity index (χ2v) is 7.72. The van der Waals surface area contributed by atoms with Crippen molar-refractivity contribution in [3.63, 3.8) is 0 Å². The third kappa shape index (κ3) is 4.01. The molecule has 2 rings (SSSR count). The van der Waals surface area contributed by atoms with Gasteiger partial charge in [-0.15, -0.1) is 0 Å². The number of halogens is 2. The van der Waals surface area contributed by atoms with E-state index in [1.54, 1.807) is 43.3 Å². The maximum Gasteiger partial charge on any atom is 0.244 e. The van der Waals surface area contributed by atoms with Crippen LogP contribution in [0.25, 0.3) is 0 Å². The van der Waals surface area contributed by atoms with Crippen molar-refractivity contribution in [1.82, 2.24) is 4.72 Å². The fourth-order valence-corrected chi connectivity index (χ4v) is 4.04. The summed E-state index contributed by atoms with van der Waals surface area (Å²) in [5.41, 5.74) is 0.821. The summed E-state index contributed by atoms with van der Waals surface area (Å²) >= 11 is 9.12. The number of rotatable bonds is 5. The summed E-state index contributed by atoms with van der Waals surface area (Å²) in [7, 11) is -2.29. The van der Waals surface area contributed by atoms with Crippen LogP contribution in [0.3, 0.4) is 0 Å². The highest BCUT2D eigenvalue weighted by molar-refractivity contribution is 9.10. The Labute approximate surface area is 143 Å². The zero-order valence-electron chi connectivity index (χ0n) is 12.0. The first-order chi connectivity index (χ1) is 10.3. The van der Waals surface area contributed by atoms with E-state index in [0.29, 0.717) is 15.2 Å². The van der Waals surface area contributed by atoms with Crippen LogP contribution >= 0.6 is 27.5 Å². The highest BCUT2D eigenvalue weighted by atomic mass is 79.9. The van der Waals surface area contributed by atoms with Gasteiger partial charge in [-0.3, -0.25) is 0 Å². The van der Waals surface area contributed by atoms with E-state index < -0.39 is 16.1 Å². The zero-order chi connectivity index (χ0) is 16.3. The van der Waals surface area contributed by atoms with E-state index in [0.717, 1.165) is 5.56 Å². The largest absolute Gasteiger partial charge is 0.495 e. The Morgan fingerprint density at radius 1 is 1.18 bits per heavy atom. The second-order valence-electron chi connectivity index (χ2n) is 4.69. The summed E-state index contributed by atoms with van der Waals surface area (Å²) in [4.78, 5) is 0.0881. The van der Waals surface area contributed by atoms with Crippen LogP contribution in [0.2, 0.25) is 5.02 Å². The van der Waals surface area contributed by atoms with Crippen LogP contribution in [0.1, 0.15) is 18.5 Å². The molecule has 1 N–H and O–H groups in total. The first kappa shape index (κ1) is 17.3. The molecule has 0 amide bonds. The summed E-state index contributed by atoms with van der Waals surface area (Å²) in [6.45, 7) is 1.77. The minimum absolute atomic E-state index is 0.0881. The van der Waals surface area contributed by atoms with Crippen LogP contribution in [-0.2, 0) is 10.0 Å². The van der Waals surface area contributed by atoms with Crippen LogP contribution in [0, 0.1) is 0 Å². The average Bonchev–Trinajstić information content (AvgIpc) is 2.47. The Morgan fingerprint density at radius 2 is 1.82 bits per heavy atom. The van der Waals surface area contributed by atoms with E-state index in [-0.39, 0.29) is 4.90 Å². The third-order valence-electron chi connectivity index (χ3n) is 3.12. The topological polar surface area (TPSA) is 55.4 Å². The average molecular weight is 405 g/mol. The maximum atomic E-state index is 12.6. The number of hydrogen-bond acceptors (Lipinski definition) is 3. The van der Waals surface area contributed by atoms with Crippen LogP contribution < -0.4 is 9.46 Å². The summed E-state index contributed by atoms with van der Waals surface area (Å²) in [6, 6.07) is 11.5. The van der Waals surface area contributed by atoms with E-state index >= 15 is 0 Å². The molecule has 0 aliphatic heterocycles. The molecule has 22 heavy (non-hydrogen) atoms. The predicted molar refractivity (Wildman–Crippen MR) is 90.9 cm³/mol. The quantitative estimate of drug-likeness (QED) is 0.814. The number of ether oxygens (including phenoxy) is 1. The molecule has 0 aliphatic rings. The lowest BCUT2D eigenvalue weighted by Crippen LogP contribution is -2.27. The minimum atomic E-state index is -3.72. The summed E-state index contributed by atoms with van der Waals surface area (Å²) < 4.78 is 33.6. The van der Waals surface area contributed by atoms with E-state index in [4.69, 9.17) is 16.3 Å². The van der Waals surface area contributed by atoms with Gasteiger partial charge in [0.1, 0.15) is 10.6 Å². The van der Waals surface area contributed by atoms with Gasteiger partial charge in [-0.1, -0.05) is 39.7 Å². The summed E-state index contributed by atoms with van der Waals surface area (Å²) in [5.74, 6) is 0.291. The molecule has 0 fully saturated rings. The molecule has 0 saturated heterocycles. The molecule has 0 heterocycles. The van der Waals surface area contributed by atoms with Crippen molar-refractivity contribution in [1.29, 1.82) is 0 Å². The van der Waals surface area contributed by atoms with Gasteiger partial charge in [-0.05, 0) is 42.8 Å². The molecule has 118 valence electrons. The molecule has 0 aromatic heterocycles. The molecule has 0 bridgehead atoms. The SMILES string of the molecule is COc1ccc(Br)cc1S(=O)(=O)NC(C)c1ccc(Cl)cc1. The molecule has 0 radical (unpaired) electrons. The number of nitrogens with one attached hydrogen (secondary N) is 1. The van der Waals surface area contributed by atoms with E-state index in [1.807, 2.05) is 0 Å². The highest BCUT2D eigenvalue weighted by Crippen LogP contribution is 2.28. The Hall–Kier alpha value is -1.08. The lowest BCUT2D eigenvalue weighted by molar-refractivity contribution is 0.402. The van der Waals surface area contributed by atoms with Crippen LogP contribution in [0.4, 0.5) is 0 Å². The molecule has 2 aromatic rings. The van der Waals surface area contributed by atoms with Gasteiger partial charge in [0.25, 0.3) is 0 Å². The van der Waals surface area contributed by atoms with Crippen LogP contribution in [-0.4, -0.2) is 15.5 Å². The zero-order valence-corrected chi connectivity index (χ0v) is 15.2. The highest BCUT2D eigenvalue weighted by Gasteiger charge is 2.22. The predicted octanol–water partition coefficient (Wildman–Crippen LogP) is 4.15. The second kappa shape index (κ2) is 7.00. The number of hydrogen-bond donors (Lipinski definition) is 1. The van der Waals surface area contributed by atoms with E-state index in [9.17, 15) is 8.42 Å². The van der Waals surface area contributed by atoms with Gasteiger partial charge < -0.3 is 4.74 Å². The lowest BCUT2D eigenvalue weighted by Gasteiger charge is -2.16. The number of methoxy groups -OCH3 is 1. The Bertz CT molecular complexity index is 763. The molecule has 7 heteroatoms.